The summed E-state index contributed by atoms with van der Waals surface area (Å²) in [5, 5.41) is 0. The molecule has 1 saturated heterocycles. The minimum atomic E-state index is -3.66. The lowest BCUT2D eigenvalue weighted by Crippen LogP contribution is -2.30. The first kappa shape index (κ1) is 16.1. The van der Waals surface area contributed by atoms with Gasteiger partial charge in [0.05, 0.1) is 10.6 Å². The van der Waals surface area contributed by atoms with E-state index >= 15 is 0 Å². The fourth-order valence-corrected chi connectivity index (χ4v) is 5.38. The number of rotatable bonds is 3. The molecule has 0 N–H and O–H groups in total. The quantitative estimate of drug-likeness (QED) is 0.850. The van der Waals surface area contributed by atoms with Crippen LogP contribution in [0.4, 0.5) is 11.4 Å². The summed E-state index contributed by atoms with van der Waals surface area (Å²) in [6.07, 6.45) is 2.06. The summed E-state index contributed by atoms with van der Waals surface area (Å²) in [5.41, 5.74) is 3.16. The number of anilines is 2. The van der Waals surface area contributed by atoms with Crippen LogP contribution in [0.1, 0.15) is 24.0 Å². The van der Waals surface area contributed by atoms with Gasteiger partial charge in [0.2, 0.25) is 5.91 Å². The second-order valence-electron chi connectivity index (χ2n) is 6.55. The van der Waals surface area contributed by atoms with E-state index in [1.165, 1.54) is 4.31 Å². The molecule has 0 bridgehead atoms. The molecule has 0 spiro atoms. The molecule has 0 atom stereocenters. The van der Waals surface area contributed by atoms with Gasteiger partial charge in [-0.25, -0.2) is 8.42 Å². The van der Waals surface area contributed by atoms with Gasteiger partial charge in [0, 0.05) is 25.2 Å². The van der Waals surface area contributed by atoms with E-state index in [0.29, 0.717) is 30.8 Å². The van der Waals surface area contributed by atoms with Crippen molar-refractivity contribution < 1.29 is 13.2 Å². The van der Waals surface area contributed by atoms with Crippen LogP contribution < -0.4 is 9.21 Å². The SMILES string of the molecule is Cc1ccc(N2CCCC2=O)cc1S(=O)(=O)N1CCc2ccccc21. The van der Waals surface area contributed by atoms with Gasteiger partial charge in [0.25, 0.3) is 10.0 Å². The zero-order valence-electron chi connectivity index (χ0n) is 14.1. The highest BCUT2D eigenvalue weighted by Crippen LogP contribution is 2.35. The van der Waals surface area contributed by atoms with Crippen LogP contribution in [-0.4, -0.2) is 27.4 Å². The van der Waals surface area contributed by atoms with E-state index in [0.717, 1.165) is 24.1 Å². The van der Waals surface area contributed by atoms with Gasteiger partial charge >= 0.3 is 0 Å². The number of fused-ring (bicyclic) bond motifs is 1. The zero-order chi connectivity index (χ0) is 17.6. The third-order valence-electron chi connectivity index (χ3n) is 4.97. The van der Waals surface area contributed by atoms with Crippen molar-refractivity contribution in [2.24, 2.45) is 0 Å². The highest BCUT2D eigenvalue weighted by molar-refractivity contribution is 7.93. The second-order valence-corrected chi connectivity index (χ2v) is 8.39. The minimum absolute atomic E-state index is 0.0544. The molecule has 1 amide bonds. The van der Waals surface area contributed by atoms with Crippen molar-refractivity contribution in [1.82, 2.24) is 0 Å². The Balaban J connectivity index is 1.77. The Kier molecular flexibility index (Phi) is 3.80. The number of hydrogen-bond acceptors (Lipinski definition) is 3. The number of hydrogen-bond donors (Lipinski definition) is 0. The zero-order valence-corrected chi connectivity index (χ0v) is 14.9. The fourth-order valence-electron chi connectivity index (χ4n) is 3.63. The average molecular weight is 356 g/mol. The first-order valence-corrected chi connectivity index (χ1v) is 9.94. The van der Waals surface area contributed by atoms with Crippen LogP contribution in [0.3, 0.4) is 0 Å². The highest BCUT2D eigenvalue weighted by atomic mass is 32.2. The highest BCUT2D eigenvalue weighted by Gasteiger charge is 2.32. The average Bonchev–Trinajstić information content (AvgIpc) is 3.21. The molecule has 2 aromatic rings. The first-order chi connectivity index (χ1) is 12.0. The molecule has 4 rings (SSSR count). The maximum absolute atomic E-state index is 13.3. The Morgan fingerprint density at radius 2 is 1.80 bits per heavy atom. The molecule has 6 heteroatoms. The van der Waals surface area contributed by atoms with Gasteiger partial charge in [-0.1, -0.05) is 24.3 Å². The predicted octanol–water partition coefficient (Wildman–Crippen LogP) is 2.87. The molecule has 2 heterocycles. The van der Waals surface area contributed by atoms with Crippen molar-refractivity contribution >= 4 is 27.3 Å². The lowest BCUT2D eigenvalue weighted by Gasteiger charge is -2.23. The van der Waals surface area contributed by atoms with Crippen molar-refractivity contribution in [2.45, 2.75) is 31.1 Å². The Morgan fingerprint density at radius 1 is 1.00 bits per heavy atom. The van der Waals surface area contributed by atoms with Crippen molar-refractivity contribution in [3.63, 3.8) is 0 Å². The molecule has 0 aliphatic carbocycles. The molecular formula is C19H20N2O3S. The summed E-state index contributed by atoms with van der Waals surface area (Å²) in [7, 11) is -3.66. The number of nitrogens with zero attached hydrogens (tertiary/aromatic N) is 2. The van der Waals surface area contributed by atoms with Gasteiger partial charge in [0.1, 0.15) is 0 Å². The lowest BCUT2D eigenvalue weighted by molar-refractivity contribution is -0.117. The summed E-state index contributed by atoms with van der Waals surface area (Å²) in [6, 6.07) is 12.9. The Morgan fingerprint density at radius 3 is 2.56 bits per heavy atom. The second kappa shape index (κ2) is 5.88. The van der Waals surface area contributed by atoms with Crippen LogP contribution in [0.2, 0.25) is 0 Å². The summed E-state index contributed by atoms with van der Waals surface area (Å²) < 4.78 is 28.1. The Bertz CT molecular complexity index is 953. The molecule has 130 valence electrons. The van der Waals surface area contributed by atoms with E-state index < -0.39 is 10.0 Å². The molecule has 0 radical (unpaired) electrons. The number of carbonyl (C=O) groups is 1. The third-order valence-corrected chi connectivity index (χ3v) is 6.92. The van der Waals surface area contributed by atoms with Crippen LogP contribution >= 0.6 is 0 Å². The van der Waals surface area contributed by atoms with E-state index in [4.69, 9.17) is 0 Å². The van der Waals surface area contributed by atoms with Crippen molar-refractivity contribution in [2.75, 3.05) is 22.3 Å². The molecule has 2 aliphatic rings. The fraction of sp³-hybridized carbons (Fsp3) is 0.316. The number of sulfonamides is 1. The van der Waals surface area contributed by atoms with Crippen LogP contribution in [0.15, 0.2) is 47.4 Å². The van der Waals surface area contributed by atoms with Gasteiger partial charge in [0.15, 0.2) is 0 Å². The number of carbonyl (C=O) groups excluding carboxylic acids is 1. The number of benzene rings is 2. The Hall–Kier alpha value is -2.34. The van der Waals surface area contributed by atoms with E-state index in [1.807, 2.05) is 30.3 Å². The molecule has 1 fully saturated rings. The van der Waals surface area contributed by atoms with E-state index in [1.54, 1.807) is 24.0 Å². The Labute approximate surface area is 147 Å². The van der Waals surface area contributed by atoms with E-state index in [2.05, 4.69) is 0 Å². The lowest BCUT2D eigenvalue weighted by atomic mass is 10.2. The molecule has 0 unspecified atom stereocenters. The number of aryl methyl sites for hydroxylation is 1. The molecular weight excluding hydrogens is 336 g/mol. The van der Waals surface area contributed by atoms with Crippen molar-refractivity contribution in [3.05, 3.63) is 53.6 Å². The van der Waals surface area contributed by atoms with Crippen molar-refractivity contribution in [1.29, 1.82) is 0 Å². The maximum Gasteiger partial charge on any atom is 0.264 e. The van der Waals surface area contributed by atoms with Crippen LogP contribution in [0.25, 0.3) is 0 Å². The molecule has 25 heavy (non-hydrogen) atoms. The third kappa shape index (κ3) is 2.61. The maximum atomic E-state index is 13.3. The number of para-hydroxylation sites is 1. The molecule has 5 nitrogen and oxygen atoms in total. The smallest absolute Gasteiger partial charge is 0.264 e. The standard InChI is InChI=1S/C19H20N2O3S/c1-14-8-9-16(20-11-4-7-19(20)22)13-18(14)25(23,24)21-12-10-15-5-2-3-6-17(15)21/h2-3,5-6,8-9,13H,4,7,10-12H2,1H3. The van der Waals surface area contributed by atoms with Gasteiger partial charge < -0.3 is 4.90 Å². The van der Waals surface area contributed by atoms with Crippen LogP contribution in [0.5, 0.6) is 0 Å². The van der Waals surface area contributed by atoms with Gasteiger partial charge in [-0.2, -0.15) is 0 Å². The molecule has 0 aromatic heterocycles. The molecule has 2 aliphatic heterocycles. The van der Waals surface area contributed by atoms with Gasteiger partial charge in [-0.3, -0.25) is 9.10 Å². The van der Waals surface area contributed by atoms with Gasteiger partial charge in [-0.15, -0.1) is 0 Å². The summed E-state index contributed by atoms with van der Waals surface area (Å²) in [5.74, 6) is 0.0544. The molecule has 2 aromatic carbocycles. The van der Waals surface area contributed by atoms with Gasteiger partial charge in [-0.05, 0) is 49.1 Å². The largest absolute Gasteiger partial charge is 0.312 e. The number of amides is 1. The van der Waals surface area contributed by atoms with Crippen molar-refractivity contribution in [3.8, 4) is 0 Å². The van der Waals surface area contributed by atoms with E-state index in [-0.39, 0.29) is 10.8 Å². The van der Waals surface area contributed by atoms with E-state index in [9.17, 15) is 13.2 Å². The molecule has 0 saturated carbocycles. The first-order valence-electron chi connectivity index (χ1n) is 8.50. The van der Waals surface area contributed by atoms with Crippen LogP contribution in [0, 0.1) is 6.92 Å². The topological polar surface area (TPSA) is 57.7 Å². The minimum Gasteiger partial charge on any atom is -0.312 e. The summed E-state index contributed by atoms with van der Waals surface area (Å²) >= 11 is 0. The monoisotopic (exact) mass is 356 g/mol. The predicted molar refractivity (Wildman–Crippen MR) is 97.4 cm³/mol. The normalized spacial score (nSPS) is 17.2. The van der Waals surface area contributed by atoms with Crippen LogP contribution in [-0.2, 0) is 21.2 Å². The summed E-state index contributed by atoms with van der Waals surface area (Å²) in [6.45, 7) is 2.90. The summed E-state index contributed by atoms with van der Waals surface area (Å²) in [4.78, 5) is 14.0.